The number of benzene rings is 2. The summed E-state index contributed by atoms with van der Waals surface area (Å²) in [5.74, 6) is 0.114. The minimum absolute atomic E-state index is 0.114. The number of aryl methyl sites for hydroxylation is 1. The topological polar surface area (TPSA) is 20.3 Å². The summed E-state index contributed by atoms with van der Waals surface area (Å²) in [6.07, 6.45) is 0.391. The van der Waals surface area contributed by atoms with Crippen molar-refractivity contribution in [3.05, 3.63) is 68.4 Å². The van der Waals surface area contributed by atoms with Crippen LogP contribution in [-0.4, -0.2) is 5.91 Å². The van der Waals surface area contributed by atoms with E-state index in [-0.39, 0.29) is 5.91 Å². The van der Waals surface area contributed by atoms with E-state index in [2.05, 4.69) is 39.0 Å². The Hall–Kier alpha value is -1.82. The molecule has 1 aliphatic rings. The number of anilines is 1. The second kappa shape index (κ2) is 6.41. The molecular formula is C21H19NOS3. The van der Waals surface area contributed by atoms with Gasteiger partial charge in [-0.1, -0.05) is 75.4 Å². The first-order valence-electron chi connectivity index (χ1n) is 8.51. The molecule has 2 nitrogen and oxygen atoms in total. The van der Waals surface area contributed by atoms with Gasteiger partial charge in [-0.15, -0.1) is 0 Å². The molecule has 26 heavy (non-hydrogen) atoms. The second-order valence-corrected chi connectivity index (χ2v) is 9.95. The Morgan fingerprint density at radius 3 is 2.58 bits per heavy atom. The SMILES string of the molecule is Cc1ccc2c(c1)N(C(=O)Cc1ccccc1)C(C)(C)c1ssc(=S)c1-2. The largest absolute Gasteiger partial charge is 0.301 e. The standard InChI is InChI=1S/C21H19NOS3/c1-13-9-10-15-16(11-13)22(17(23)12-14-7-5-4-6-8-14)21(2,3)19-18(15)20(24)26-25-19/h4-11H,12H2,1-3H3. The first-order chi connectivity index (χ1) is 12.4. The van der Waals surface area contributed by atoms with E-state index < -0.39 is 5.54 Å². The Morgan fingerprint density at radius 2 is 1.85 bits per heavy atom. The van der Waals surface area contributed by atoms with E-state index >= 15 is 0 Å². The molecule has 0 fully saturated rings. The van der Waals surface area contributed by atoms with Crippen molar-refractivity contribution in [2.45, 2.75) is 32.7 Å². The van der Waals surface area contributed by atoms with Crippen LogP contribution in [0.25, 0.3) is 11.1 Å². The van der Waals surface area contributed by atoms with Gasteiger partial charge in [-0.05, 0) is 38.0 Å². The van der Waals surface area contributed by atoms with Gasteiger partial charge in [0.15, 0.2) is 0 Å². The van der Waals surface area contributed by atoms with Gasteiger partial charge in [0.1, 0.15) is 3.82 Å². The van der Waals surface area contributed by atoms with E-state index in [9.17, 15) is 4.79 Å². The Kier molecular flexibility index (Phi) is 4.34. The quantitative estimate of drug-likeness (QED) is 0.371. The van der Waals surface area contributed by atoms with Gasteiger partial charge in [-0.25, -0.2) is 0 Å². The predicted octanol–water partition coefficient (Wildman–Crippen LogP) is 6.34. The third kappa shape index (κ3) is 2.75. The normalized spacial score (nSPS) is 14.7. The fraction of sp³-hybridized carbons (Fsp3) is 0.238. The van der Waals surface area contributed by atoms with E-state index in [4.69, 9.17) is 12.2 Å². The van der Waals surface area contributed by atoms with Gasteiger partial charge in [0.2, 0.25) is 5.91 Å². The van der Waals surface area contributed by atoms with Crippen LogP contribution in [0.2, 0.25) is 0 Å². The van der Waals surface area contributed by atoms with Gasteiger partial charge in [-0.3, -0.25) is 4.79 Å². The van der Waals surface area contributed by atoms with Crippen molar-refractivity contribution in [1.29, 1.82) is 0 Å². The first-order valence-corrected chi connectivity index (χ1v) is 11.1. The van der Waals surface area contributed by atoms with Crippen LogP contribution >= 0.6 is 32.9 Å². The van der Waals surface area contributed by atoms with Crippen LogP contribution in [0.1, 0.15) is 29.9 Å². The Balaban J connectivity index is 1.88. The van der Waals surface area contributed by atoms with Crippen LogP contribution < -0.4 is 4.90 Å². The Labute approximate surface area is 166 Å². The summed E-state index contributed by atoms with van der Waals surface area (Å²) in [7, 11) is 3.32. The van der Waals surface area contributed by atoms with Gasteiger partial charge < -0.3 is 4.90 Å². The maximum absolute atomic E-state index is 13.4. The van der Waals surface area contributed by atoms with Crippen LogP contribution in [0.3, 0.4) is 0 Å². The van der Waals surface area contributed by atoms with Gasteiger partial charge >= 0.3 is 0 Å². The number of amides is 1. The van der Waals surface area contributed by atoms with Crippen molar-refractivity contribution in [3.8, 4) is 11.1 Å². The zero-order valence-electron chi connectivity index (χ0n) is 14.9. The molecule has 4 rings (SSSR count). The van der Waals surface area contributed by atoms with E-state index in [0.717, 1.165) is 31.8 Å². The minimum atomic E-state index is -0.416. The average Bonchev–Trinajstić information content (AvgIpc) is 2.98. The highest BCUT2D eigenvalue weighted by Gasteiger charge is 2.42. The first kappa shape index (κ1) is 17.6. The molecule has 0 saturated carbocycles. The molecule has 0 spiro atoms. The summed E-state index contributed by atoms with van der Waals surface area (Å²) < 4.78 is 0.915. The van der Waals surface area contributed by atoms with Crippen molar-refractivity contribution in [2.24, 2.45) is 0 Å². The summed E-state index contributed by atoms with van der Waals surface area (Å²) in [6.45, 7) is 6.31. The van der Waals surface area contributed by atoms with Crippen molar-refractivity contribution in [3.63, 3.8) is 0 Å². The van der Waals surface area contributed by atoms with Gasteiger partial charge in [0.05, 0.1) is 22.5 Å². The van der Waals surface area contributed by atoms with Crippen LogP contribution in [0.15, 0.2) is 48.5 Å². The number of fused-ring (bicyclic) bond motifs is 3. The summed E-state index contributed by atoms with van der Waals surface area (Å²) in [4.78, 5) is 16.5. The second-order valence-electron chi connectivity index (χ2n) is 7.13. The zero-order chi connectivity index (χ0) is 18.5. The highest BCUT2D eigenvalue weighted by atomic mass is 32.9. The molecule has 1 aromatic heterocycles. The molecular weight excluding hydrogens is 378 g/mol. The monoisotopic (exact) mass is 397 g/mol. The third-order valence-electron chi connectivity index (χ3n) is 4.86. The molecule has 1 amide bonds. The number of rotatable bonds is 2. The Bertz CT molecular complexity index is 1050. The lowest BCUT2D eigenvalue weighted by Crippen LogP contribution is -2.48. The summed E-state index contributed by atoms with van der Waals surface area (Å²) >= 11 is 5.62. The van der Waals surface area contributed by atoms with Gasteiger partial charge in [0, 0.05) is 11.1 Å². The fourth-order valence-electron chi connectivity index (χ4n) is 3.63. The smallest absolute Gasteiger partial charge is 0.232 e. The summed E-state index contributed by atoms with van der Waals surface area (Å²) in [6, 6.07) is 16.3. The van der Waals surface area contributed by atoms with Crippen molar-refractivity contribution >= 4 is 44.5 Å². The number of hydrogen-bond acceptors (Lipinski definition) is 4. The molecule has 2 aromatic carbocycles. The number of nitrogens with zero attached hydrogens (tertiary/aromatic N) is 1. The highest BCUT2D eigenvalue weighted by molar-refractivity contribution is 7.80. The molecule has 0 radical (unpaired) electrons. The number of hydrogen-bond donors (Lipinski definition) is 0. The fourth-order valence-corrected chi connectivity index (χ4v) is 6.91. The highest BCUT2D eigenvalue weighted by Crippen LogP contribution is 2.52. The van der Waals surface area contributed by atoms with Crippen molar-refractivity contribution in [1.82, 2.24) is 0 Å². The molecule has 0 N–H and O–H groups in total. The summed E-state index contributed by atoms with van der Waals surface area (Å²) in [5, 5.41) is 0. The number of carbonyl (C=O) groups excluding carboxylic acids is 1. The molecule has 0 unspecified atom stereocenters. The summed E-state index contributed by atoms with van der Waals surface area (Å²) in [5.41, 5.74) is 4.95. The maximum Gasteiger partial charge on any atom is 0.232 e. The van der Waals surface area contributed by atoms with Crippen LogP contribution in [-0.2, 0) is 16.8 Å². The molecule has 0 atom stereocenters. The van der Waals surface area contributed by atoms with E-state index in [0.29, 0.717) is 6.42 Å². The van der Waals surface area contributed by atoms with Crippen molar-refractivity contribution < 1.29 is 4.79 Å². The lowest BCUT2D eigenvalue weighted by Gasteiger charge is -2.43. The molecule has 0 saturated heterocycles. The predicted molar refractivity (Wildman–Crippen MR) is 114 cm³/mol. The molecule has 3 aromatic rings. The lowest BCUT2D eigenvalue weighted by molar-refractivity contribution is -0.119. The minimum Gasteiger partial charge on any atom is -0.301 e. The molecule has 132 valence electrons. The molecule has 1 aliphatic heterocycles. The van der Waals surface area contributed by atoms with E-state index in [1.807, 2.05) is 35.2 Å². The van der Waals surface area contributed by atoms with Crippen molar-refractivity contribution in [2.75, 3.05) is 4.90 Å². The molecule has 2 heterocycles. The zero-order valence-corrected chi connectivity index (χ0v) is 17.4. The average molecular weight is 398 g/mol. The number of carbonyl (C=O) groups is 1. The molecule has 0 aliphatic carbocycles. The van der Waals surface area contributed by atoms with Crippen LogP contribution in [0, 0.1) is 10.7 Å². The molecule has 5 heteroatoms. The maximum atomic E-state index is 13.4. The molecule has 0 bridgehead atoms. The third-order valence-corrected chi connectivity index (χ3v) is 8.19. The van der Waals surface area contributed by atoms with Crippen LogP contribution in [0.4, 0.5) is 5.69 Å². The van der Waals surface area contributed by atoms with Crippen LogP contribution in [0.5, 0.6) is 0 Å². The van der Waals surface area contributed by atoms with Gasteiger partial charge in [-0.2, -0.15) is 0 Å². The van der Waals surface area contributed by atoms with Gasteiger partial charge in [0.25, 0.3) is 0 Å². The van der Waals surface area contributed by atoms with E-state index in [1.165, 1.54) is 4.88 Å². The van der Waals surface area contributed by atoms with E-state index in [1.54, 1.807) is 20.7 Å². The lowest BCUT2D eigenvalue weighted by atomic mass is 9.86. The Morgan fingerprint density at radius 1 is 1.12 bits per heavy atom.